The van der Waals surface area contributed by atoms with Gasteiger partial charge in [-0.15, -0.1) is 0 Å². The quantitative estimate of drug-likeness (QED) is 0.324. The molecule has 2 bridgehead atoms. The van der Waals surface area contributed by atoms with Gasteiger partial charge in [-0.3, -0.25) is 14.4 Å². The number of nitrogens with one attached hydrogen (secondary N) is 2. The van der Waals surface area contributed by atoms with Gasteiger partial charge in [0, 0.05) is 11.7 Å². The second kappa shape index (κ2) is 11.6. The van der Waals surface area contributed by atoms with Crippen LogP contribution in [0, 0.1) is 11.8 Å². The van der Waals surface area contributed by atoms with Gasteiger partial charge in [-0.1, -0.05) is 79.9 Å². The summed E-state index contributed by atoms with van der Waals surface area (Å²) in [5.41, 5.74) is 0.298. The summed E-state index contributed by atoms with van der Waals surface area (Å²) in [6, 6.07) is 25.1. The number of hydrogen-bond acceptors (Lipinski definition) is 5. The number of carbonyl (C=O) groups excluding carboxylic acids is 3. The monoisotopic (exact) mass is 591 g/mol. The van der Waals surface area contributed by atoms with Crippen LogP contribution in [0.1, 0.15) is 50.6 Å². The fourth-order valence-electron chi connectivity index (χ4n) is 7.50. The van der Waals surface area contributed by atoms with Crippen LogP contribution in [0.2, 0.25) is 0 Å². The van der Waals surface area contributed by atoms with E-state index in [1.54, 1.807) is 29.2 Å². The fraction of sp³-hybridized carbons (Fsp3) is 0.361. The zero-order valence-corrected chi connectivity index (χ0v) is 24.7. The second-order valence-corrected chi connectivity index (χ2v) is 12.3. The lowest BCUT2D eigenvalue weighted by Gasteiger charge is -2.37. The van der Waals surface area contributed by atoms with Crippen LogP contribution in [0.25, 0.3) is 0 Å². The normalized spacial score (nSPS) is 28.0. The maximum Gasteiger partial charge on any atom is 0.246 e. The smallest absolute Gasteiger partial charge is 0.246 e. The molecule has 226 valence electrons. The van der Waals surface area contributed by atoms with E-state index in [-0.39, 0.29) is 29.8 Å². The number of likely N-dealkylation sites (tertiary alicyclic amines) is 1. The van der Waals surface area contributed by atoms with Crippen molar-refractivity contribution in [3.05, 3.63) is 103 Å². The SMILES string of the molecule is C[C@H](c1ccccc1)N1C(=O)[C@H]2[C@@H](C(=O)Nc3ccc(Oc4ccccc4)cc3)[C@H]3C=C[C@@]2(O3)[C@@H]1C(=O)NC1CCCCC1. The largest absolute Gasteiger partial charge is 0.457 e. The molecule has 7 rings (SSSR count). The molecule has 4 aliphatic rings. The third kappa shape index (κ3) is 4.97. The Morgan fingerprint density at radius 2 is 1.55 bits per heavy atom. The lowest BCUT2D eigenvalue weighted by molar-refractivity contribution is -0.143. The molecule has 1 aliphatic carbocycles. The number of ether oxygens (including phenoxy) is 2. The van der Waals surface area contributed by atoms with Crippen molar-refractivity contribution in [2.75, 3.05) is 5.32 Å². The molecule has 1 saturated carbocycles. The van der Waals surface area contributed by atoms with Gasteiger partial charge < -0.3 is 25.0 Å². The van der Waals surface area contributed by atoms with Gasteiger partial charge in [-0.25, -0.2) is 0 Å². The van der Waals surface area contributed by atoms with Crippen molar-refractivity contribution < 1.29 is 23.9 Å². The molecule has 0 aromatic heterocycles. The molecular formula is C36H37N3O5. The van der Waals surface area contributed by atoms with Crippen molar-refractivity contribution in [3.63, 3.8) is 0 Å². The van der Waals surface area contributed by atoms with E-state index in [0.29, 0.717) is 11.4 Å². The van der Waals surface area contributed by atoms with Crippen LogP contribution >= 0.6 is 0 Å². The fourth-order valence-corrected chi connectivity index (χ4v) is 7.50. The second-order valence-electron chi connectivity index (χ2n) is 12.3. The van der Waals surface area contributed by atoms with E-state index in [4.69, 9.17) is 9.47 Å². The van der Waals surface area contributed by atoms with Crippen LogP contribution in [0.15, 0.2) is 97.1 Å². The molecule has 0 radical (unpaired) electrons. The predicted molar refractivity (Wildman–Crippen MR) is 166 cm³/mol. The number of carbonyl (C=O) groups is 3. The highest BCUT2D eigenvalue weighted by atomic mass is 16.5. The van der Waals surface area contributed by atoms with Gasteiger partial charge >= 0.3 is 0 Å². The third-order valence-corrected chi connectivity index (χ3v) is 9.61. The van der Waals surface area contributed by atoms with Crippen LogP contribution in [0.5, 0.6) is 11.5 Å². The van der Waals surface area contributed by atoms with Gasteiger partial charge in [0.05, 0.1) is 24.0 Å². The number of fused-ring (bicyclic) bond motifs is 1. The molecule has 3 aliphatic heterocycles. The minimum Gasteiger partial charge on any atom is -0.457 e. The zero-order valence-electron chi connectivity index (χ0n) is 24.7. The van der Waals surface area contributed by atoms with Gasteiger partial charge in [0.2, 0.25) is 17.7 Å². The van der Waals surface area contributed by atoms with Crippen LogP contribution in [-0.2, 0) is 19.1 Å². The molecule has 0 unspecified atom stereocenters. The Bertz CT molecular complexity index is 1550. The Morgan fingerprint density at radius 3 is 2.25 bits per heavy atom. The molecule has 8 nitrogen and oxygen atoms in total. The van der Waals surface area contributed by atoms with Crippen molar-refractivity contribution in [3.8, 4) is 11.5 Å². The number of anilines is 1. The summed E-state index contributed by atoms with van der Waals surface area (Å²) in [5.74, 6) is -0.979. The molecule has 3 aromatic carbocycles. The number of amides is 3. The van der Waals surface area contributed by atoms with Gasteiger partial charge in [-0.05, 0) is 61.7 Å². The molecule has 2 N–H and O–H groups in total. The van der Waals surface area contributed by atoms with Crippen LogP contribution in [0.3, 0.4) is 0 Å². The average Bonchev–Trinajstić information content (AvgIpc) is 3.70. The van der Waals surface area contributed by atoms with Crippen LogP contribution < -0.4 is 15.4 Å². The van der Waals surface area contributed by atoms with E-state index in [1.807, 2.05) is 79.7 Å². The lowest BCUT2D eigenvalue weighted by Crippen LogP contribution is -2.56. The van der Waals surface area contributed by atoms with Crippen LogP contribution in [0.4, 0.5) is 5.69 Å². The van der Waals surface area contributed by atoms with E-state index in [9.17, 15) is 14.4 Å². The molecule has 2 saturated heterocycles. The Morgan fingerprint density at radius 1 is 0.886 bits per heavy atom. The first-order valence-corrected chi connectivity index (χ1v) is 15.6. The third-order valence-electron chi connectivity index (χ3n) is 9.61. The van der Waals surface area contributed by atoms with Crippen LogP contribution in [-0.4, -0.2) is 46.4 Å². The van der Waals surface area contributed by atoms with E-state index in [2.05, 4.69) is 10.6 Å². The number of benzene rings is 3. The zero-order chi connectivity index (χ0) is 30.3. The number of rotatable bonds is 8. The summed E-state index contributed by atoms with van der Waals surface area (Å²) in [4.78, 5) is 44.1. The number of para-hydroxylation sites is 1. The Balaban J connectivity index is 1.15. The molecular weight excluding hydrogens is 554 g/mol. The van der Waals surface area contributed by atoms with E-state index >= 15 is 0 Å². The molecule has 8 heteroatoms. The first-order chi connectivity index (χ1) is 21.4. The lowest BCUT2D eigenvalue weighted by atomic mass is 9.74. The van der Waals surface area contributed by atoms with E-state index in [1.165, 1.54) is 6.42 Å². The molecule has 3 aromatic rings. The topological polar surface area (TPSA) is 97.0 Å². The first kappa shape index (κ1) is 28.3. The first-order valence-electron chi connectivity index (χ1n) is 15.6. The van der Waals surface area contributed by atoms with E-state index in [0.717, 1.165) is 37.0 Å². The molecule has 6 atom stereocenters. The van der Waals surface area contributed by atoms with Crippen molar-refractivity contribution in [2.45, 2.75) is 68.9 Å². The predicted octanol–water partition coefficient (Wildman–Crippen LogP) is 5.78. The summed E-state index contributed by atoms with van der Waals surface area (Å²) in [6.07, 6.45) is 8.30. The van der Waals surface area contributed by atoms with Gasteiger partial charge in [0.15, 0.2) is 0 Å². The van der Waals surface area contributed by atoms with Gasteiger partial charge in [0.1, 0.15) is 23.1 Å². The highest BCUT2D eigenvalue weighted by Gasteiger charge is 2.73. The molecule has 1 spiro atoms. The minimum absolute atomic E-state index is 0.0752. The summed E-state index contributed by atoms with van der Waals surface area (Å²) >= 11 is 0. The summed E-state index contributed by atoms with van der Waals surface area (Å²) in [7, 11) is 0. The highest BCUT2D eigenvalue weighted by molar-refractivity contribution is 6.03. The summed E-state index contributed by atoms with van der Waals surface area (Å²) in [6.45, 7) is 1.94. The maximum atomic E-state index is 14.4. The van der Waals surface area contributed by atoms with Crippen molar-refractivity contribution >= 4 is 23.4 Å². The average molecular weight is 592 g/mol. The summed E-state index contributed by atoms with van der Waals surface area (Å²) < 4.78 is 12.4. The number of hydrogen-bond donors (Lipinski definition) is 2. The Labute approximate surface area is 257 Å². The van der Waals surface area contributed by atoms with Gasteiger partial charge in [-0.2, -0.15) is 0 Å². The van der Waals surface area contributed by atoms with E-state index < -0.39 is 29.6 Å². The minimum atomic E-state index is -1.21. The molecule has 44 heavy (non-hydrogen) atoms. The Hall–Kier alpha value is -4.43. The Kier molecular flexibility index (Phi) is 7.46. The van der Waals surface area contributed by atoms with Crippen molar-refractivity contribution in [2.24, 2.45) is 11.8 Å². The highest BCUT2D eigenvalue weighted by Crippen LogP contribution is 2.56. The van der Waals surface area contributed by atoms with Crippen molar-refractivity contribution in [1.29, 1.82) is 0 Å². The van der Waals surface area contributed by atoms with Gasteiger partial charge in [0.25, 0.3) is 0 Å². The maximum absolute atomic E-state index is 14.4. The molecule has 3 fully saturated rings. The summed E-state index contributed by atoms with van der Waals surface area (Å²) in [5, 5.41) is 6.25. The molecule has 3 heterocycles. The van der Waals surface area contributed by atoms with Crippen molar-refractivity contribution in [1.82, 2.24) is 10.2 Å². The number of nitrogens with zero attached hydrogens (tertiary/aromatic N) is 1. The molecule has 3 amide bonds. The standard InChI is InChI=1S/C36H37N3O5/c1-23(24-11-5-2-6-12-24)39-32(34(41)38-25-13-7-3-8-14-25)36-22-21-29(44-36)30(31(36)35(39)42)33(40)37-26-17-19-28(20-18-26)43-27-15-9-4-10-16-27/h2,4-6,9-12,15-23,25,29-32H,3,7-8,13-14H2,1H3,(H,37,40)(H,38,41)/t23-,29-,30+,31-,32+,36+/m1/s1.